The Labute approximate surface area is 196 Å². The van der Waals surface area contributed by atoms with Crippen molar-refractivity contribution in [3.8, 4) is 12.1 Å². The van der Waals surface area contributed by atoms with Gasteiger partial charge in [0.05, 0.1) is 30.6 Å². The molecule has 2 aromatic rings. The molecule has 0 atom stereocenters. The van der Waals surface area contributed by atoms with Crippen molar-refractivity contribution in [3.63, 3.8) is 0 Å². The minimum atomic E-state index is -0.556. The predicted octanol–water partition coefficient (Wildman–Crippen LogP) is 2.84. The Hall–Kier alpha value is -4.57. The number of methoxy groups -OCH3 is 1. The number of amides is 1. The highest BCUT2D eigenvalue weighted by Crippen LogP contribution is 2.27. The Morgan fingerprint density at radius 3 is 2.38 bits per heavy atom. The largest absolute Gasteiger partial charge is 0.506 e. The third kappa shape index (κ3) is 6.02. The molecule has 10 heteroatoms. The second-order valence-electron chi connectivity index (χ2n) is 7.07. The molecule has 0 saturated heterocycles. The van der Waals surface area contributed by atoms with E-state index in [4.69, 9.17) is 10.5 Å². The van der Waals surface area contributed by atoms with E-state index in [2.05, 4.69) is 20.0 Å². The van der Waals surface area contributed by atoms with Gasteiger partial charge in [-0.2, -0.15) is 10.5 Å². The van der Waals surface area contributed by atoms with Gasteiger partial charge in [-0.25, -0.2) is 4.79 Å². The van der Waals surface area contributed by atoms with Crippen LogP contribution in [0, 0.1) is 22.7 Å². The van der Waals surface area contributed by atoms with Crippen LogP contribution in [0.3, 0.4) is 0 Å². The number of hydrogen-bond acceptors (Lipinski definition) is 9. The maximum Gasteiger partial charge on any atom is 0.340 e. The van der Waals surface area contributed by atoms with Crippen molar-refractivity contribution < 1.29 is 24.2 Å². The number of ether oxygens (including phenoxy) is 1. The van der Waals surface area contributed by atoms with Crippen molar-refractivity contribution in [2.75, 3.05) is 12.4 Å². The minimum absolute atomic E-state index is 0.138. The molecule has 0 radical (unpaired) electrons. The van der Waals surface area contributed by atoms with Gasteiger partial charge in [-0.3, -0.25) is 19.6 Å². The molecule has 1 aliphatic rings. The van der Waals surface area contributed by atoms with Crippen molar-refractivity contribution in [1.29, 1.82) is 10.5 Å². The van der Waals surface area contributed by atoms with Crippen molar-refractivity contribution in [2.45, 2.75) is 39.5 Å². The first kappa shape index (κ1) is 25.7. The monoisotopic (exact) mass is 461 g/mol. The quantitative estimate of drug-likeness (QED) is 0.636. The summed E-state index contributed by atoms with van der Waals surface area (Å²) >= 11 is 0. The molecule has 2 aromatic heterocycles. The molecule has 0 aliphatic heterocycles. The second-order valence-corrected chi connectivity index (χ2v) is 7.07. The first-order chi connectivity index (χ1) is 16.3. The maximum atomic E-state index is 11.6. The van der Waals surface area contributed by atoms with Crippen LogP contribution in [0.1, 0.15) is 53.1 Å². The smallest absolute Gasteiger partial charge is 0.340 e. The molecule has 0 saturated carbocycles. The number of aliphatic hydroxyl groups excluding tert-OH is 1. The summed E-state index contributed by atoms with van der Waals surface area (Å²) < 4.78 is 4.63. The summed E-state index contributed by atoms with van der Waals surface area (Å²) in [7, 11) is 1.26. The molecular formula is C24H23N5O5. The average Bonchev–Trinajstić information content (AvgIpc) is 2.84. The molecule has 0 unspecified atom stereocenters. The third-order valence-electron chi connectivity index (χ3n) is 4.88. The Morgan fingerprint density at radius 2 is 1.79 bits per heavy atom. The number of carbonyl (C=O) groups is 3. The van der Waals surface area contributed by atoms with E-state index >= 15 is 0 Å². The number of nitrogens with one attached hydrogen (secondary N) is 1. The van der Waals surface area contributed by atoms with E-state index in [0.29, 0.717) is 23.2 Å². The van der Waals surface area contributed by atoms with E-state index in [1.165, 1.54) is 13.3 Å². The molecular weight excluding hydrogens is 438 g/mol. The molecule has 174 valence electrons. The number of allylic oxidation sites excluding steroid dienone is 1. The van der Waals surface area contributed by atoms with Gasteiger partial charge in [0.2, 0.25) is 5.91 Å². The molecule has 3 rings (SSSR count). The lowest BCUT2D eigenvalue weighted by molar-refractivity contribution is -0.115. The van der Waals surface area contributed by atoms with E-state index in [1.807, 2.05) is 13.8 Å². The number of carbonyl (C=O) groups excluding carboxylic acids is 3. The number of pyridine rings is 2. The highest BCUT2D eigenvalue weighted by Gasteiger charge is 2.25. The van der Waals surface area contributed by atoms with Crippen LogP contribution in [0.4, 0.5) is 5.69 Å². The number of esters is 1. The lowest BCUT2D eigenvalue weighted by atomic mass is 9.91. The number of Topliss-reactive ketones (excluding diaryl/α,β-unsaturated/α-hetero) is 1. The van der Waals surface area contributed by atoms with Gasteiger partial charge < -0.3 is 15.2 Å². The zero-order valence-corrected chi connectivity index (χ0v) is 19.0. The number of fused-ring (bicyclic) bond motifs is 1. The van der Waals surface area contributed by atoms with Crippen LogP contribution in [0.25, 0.3) is 5.76 Å². The maximum absolute atomic E-state index is 11.6. The highest BCUT2D eigenvalue weighted by atomic mass is 16.5. The number of rotatable bonds is 5. The lowest BCUT2D eigenvalue weighted by Crippen LogP contribution is -2.15. The Morgan fingerprint density at radius 1 is 1.15 bits per heavy atom. The normalized spacial score (nSPS) is 11.9. The van der Waals surface area contributed by atoms with Gasteiger partial charge in [0.25, 0.3) is 0 Å². The van der Waals surface area contributed by atoms with Crippen molar-refractivity contribution in [1.82, 2.24) is 9.97 Å². The molecule has 2 N–H and O–H groups in total. The molecule has 0 aromatic carbocycles. The van der Waals surface area contributed by atoms with Gasteiger partial charge in [-0.1, -0.05) is 13.8 Å². The summed E-state index contributed by atoms with van der Waals surface area (Å²) in [5.74, 6) is -1.61. The summed E-state index contributed by atoms with van der Waals surface area (Å²) in [6.07, 6.45) is 4.25. The second kappa shape index (κ2) is 11.9. The predicted molar refractivity (Wildman–Crippen MR) is 121 cm³/mol. The fraction of sp³-hybridized carbons (Fsp3) is 0.292. The summed E-state index contributed by atoms with van der Waals surface area (Å²) in [5, 5.41) is 29.5. The third-order valence-corrected chi connectivity index (χ3v) is 4.88. The van der Waals surface area contributed by atoms with Crippen molar-refractivity contribution in [2.24, 2.45) is 0 Å². The number of aryl methyl sites for hydroxylation is 2. The summed E-state index contributed by atoms with van der Waals surface area (Å²) in [6.45, 7) is 3.85. The van der Waals surface area contributed by atoms with E-state index in [9.17, 15) is 19.5 Å². The molecule has 0 fully saturated rings. The van der Waals surface area contributed by atoms with Gasteiger partial charge in [0.15, 0.2) is 5.78 Å². The fourth-order valence-electron chi connectivity index (χ4n) is 3.06. The van der Waals surface area contributed by atoms with E-state index in [1.54, 1.807) is 30.5 Å². The van der Waals surface area contributed by atoms with Gasteiger partial charge >= 0.3 is 5.97 Å². The zero-order chi connectivity index (χ0) is 25.3. The molecule has 0 spiro atoms. The molecule has 1 amide bonds. The molecule has 34 heavy (non-hydrogen) atoms. The molecule has 2 heterocycles. The Bertz CT molecular complexity index is 1240. The van der Waals surface area contributed by atoms with Gasteiger partial charge in [0.1, 0.15) is 23.8 Å². The topological polar surface area (TPSA) is 166 Å². The zero-order valence-electron chi connectivity index (χ0n) is 19.0. The number of nitrogens with zero attached hydrogens (tertiary/aromatic N) is 4. The van der Waals surface area contributed by atoms with Crippen LogP contribution >= 0.6 is 0 Å². The first-order valence-electron chi connectivity index (χ1n) is 10.4. The summed E-state index contributed by atoms with van der Waals surface area (Å²) in [6, 6.07) is 6.76. The number of ketones is 1. The SMILES string of the molecule is CCc1cc(C(=O)OC)c(NC(=O)CC#N)cn1.CCc1cc2c(cn1)CC(=O)C(C#N)=C2O. The number of aromatic nitrogens is 2. The van der Waals surface area contributed by atoms with Crippen LogP contribution in [0.15, 0.2) is 30.1 Å². The number of aliphatic hydroxyl groups is 1. The number of nitriles is 2. The van der Waals surface area contributed by atoms with Crippen molar-refractivity contribution >= 4 is 29.1 Å². The van der Waals surface area contributed by atoms with Crippen molar-refractivity contribution in [3.05, 3.63) is 58.2 Å². The number of anilines is 1. The van der Waals surface area contributed by atoms with Gasteiger partial charge in [0, 0.05) is 29.6 Å². The minimum Gasteiger partial charge on any atom is -0.506 e. The van der Waals surface area contributed by atoms with E-state index < -0.39 is 11.9 Å². The van der Waals surface area contributed by atoms with Crippen LogP contribution in [-0.2, 0) is 33.6 Å². The molecule has 0 bridgehead atoms. The summed E-state index contributed by atoms with van der Waals surface area (Å²) in [5.41, 5.74) is 3.11. The first-order valence-corrected chi connectivity index (χ1v) is 10.4. The fourth-order valence-corrected chi connectivity index (χ4v) is 3.06. The Balaban J connectivity index is 0.000000241. The van der Waals surface area contributed by atoms with E-state index in [0.717, 1.165) is 12.1 Å². The Kier molecular flexibility index (Phi) is 8.98. The average molecular weight is 461 g/mol. The lowest BCUT2D eigenvalue weighted by Gasteiger charge is -2.15. The van der Waals surface area contributed by atoms with E-state index in [-0.39, 0.29) is 41.2 Å². The van der Waals surface area contributed by atoms with Gasteiger partial charge in [-0.05, 0) is 30.5 Å². The number of hydrogen-bond donors (Lipinski definition) is 2. The van der Waals surface area contributed by atoms with Crippen LogP contribution in [0.2, 0.25) is 0 Å². The molecule has 1 aliphatic carbocycles. The highest BCUT2D eigenvalue weighted by molar-refractivity contribution is 6.08. The standard InChI is InChI=1S/C12H13N3O3.C12H10N2O2/c1-3-8-6-9(12(17)18-2)10(7-14-8)15-11(16)4-5-13;1-2-8-4-9-7(6-14-8)3-11(15)10(5-13)12(9)16/h6-7H,3-4H2,1-2H3,(H,15,16);4,6,16H,2-3H2,1H3. The van der Waals surface area contributed by atoms with Crippen LogP contribution in [0.5, 0.6) is 0 Å². The van der Waals surface area contributed by atoms with Gasteiger partial charge in [-0.15, -0.1) is 0 Å². The summed E-state index contributed by atoms with van der Waals surface area (Å²) in [4.78, 5) is 42.6. The van der Waals surface area contributed by atoms with Crippen LogP contribution in [-0.4, -0.2) is 39.8 Å². The van der Waals surface area contributed by atoms with Crippen LogP contribution < -0.4 is 5.32 Å². The molecule has 10 nitrogen and oxygen atoms in total.